The van der Waals surface area contributed by atoms with Gasteiger partial charge in [0.2, 0.25) is 0 Å². The monoisotopic (exact) mass is 616 g/mol. The molecule has 224 valence electrons. The minimum Gasteiger partial charge on any atom is -0.264 e. The first kappa shape index (κ1) is 27.5. The van der Waals surface area contributed by atoms with Gasteiger partial charge in [0.25, 0.3) is 0 Å². The molecule has 0 saturated carbocycles. The Morgan fingerprint density at radius 3 is 1.73 bits per heavy atom. The van der Waals surface area contributed by atoms with Crippen LogP contribution in [0.1, 0.15) is 22.4 Å². The lowest BCUT2D eigenvalue weighted by Gasteiger charge is -2.18. The Bertz CT molecular complexity index is 2350. The van der Waals surface area contributed by atoms with Crippen LogP contribution < -0.4 is 0 Å². The summed E-state index contributed by atoms with van der Waals surface area (Å²) in [5.74, 6) is 0. The summed E-state index contributed by atoms with van der Waals surface area (Å²) >= 11 is 0. The van der Waals surface area contributed by atoms with Gasteiger partial charge in [0.1, 0.15) is 11.4 Å². The molecule has 0 radical (unpaired) electrons. The maximum Gasteiger partial charge on any atom is 0.116 e. The molecule has 0 atom stereocenters. The molecule has 9 rings (SSSR count). The summed E-state index contributed by atoms with van der Waals surface area (Å²) in [6.45, 7) is 0. The first-order chi connectivity index (χ1) is 23.8. The molecule has 0 aliphatic carbocycles. The first-order valence-corrected chi connectivity index (χ1v) is 15.5. The molecule has 0 N–H and O–H groups in total. The van der Waals surface area contributed by atoms with Crippen molar-refractivity contribution >= 4 is 44.6 Å². The number of hydrogen-bond donors (Lipinski definition) is 0. The van der Waals surface area contributed by atoms with E-state index >= 15 is 0 Å². The summed E-state index contributed by atoms with van der Waals surface area (Å²) in [4.78, 5) is 38.7. The molecule has 0 saturated heterocycles. The topological polar surface area (TPSA) is 102 Å². The molecule has 7 heterocycles. The van der Waals surface area contributed by atoms with Crippen LogP contribution in [0.25, 0.3) is 44.3 Å². The number of para-hydroxylation sites is 1. The fourth-order valence-corrected chi connectivity index (χ4v) is 5.97. The second-order valence-electron chi connectivity index (χ2n) is 11.4. The highest BCUT2D eigenvalue weighted by Gasteiger charge is 2.23. The highest BCUT2D eigenvalue weighted by molar-refractivity contribution is 6.23. The molecule has 48 heavy (non-hydrogen) atoms. The normalized spacial score (nSPS) is 12.4. The fourth-order valence-electron chi connectivity index (χ4n) is 5.97. The number of nitrogens with zero attached hydrogens (tertiary/aromatic N) is 8. The molecule has 0 bridgehead atoms. The van der Waals surface area contributed by atoms with Crippen LogP contribution in [0.4, 0.5) is 11.4 Å². The van der Waals surface area contributed by atoms with Gasteiger partial charge in [-0.15, -0.1) is 0 Å². The molecule has 8 aromatic rings. The Balaban J connectivity index is 1.29. The van der Waals surface area contributed by atoms with Gasteiger partial charge >= 0.3 is 0 Å². The predicted molar refractivity (Wildman–Crippen MR) is 189 cm³/mol. The second-order valence-corrected chi connectivity index (χ2v) is 11.4. The van der Waals surface area contributed by atoms with Gasteiger partial charge in [0.05, 0.1) is 39.5 Å². The Labute approximate surface area is 275 Å². The van der Waals surface area contributed by atoms with Gasteiger partial charge in [-0.1, -0.05) is 24.3 Å². The number of pyridine rings is 6. The quantitative estimate of drug-likeness (QED) is 0.197. The van der Waals surface area contributed by atoms with Crippen LogP contribution in [0.2, 0.25) is 0 Å². The zero-order chi connectivity index (χ0) is 31.9. The molecule has 8 heteroatoms. The predicted octanol–water partition coefficient (Wildman–Crippen LogP) is 8.35. The van der Waals surface area contributed by atoms with E-state index in [1.54, 1.807) is 18.6 Å². The van der Waals surface area contributed by atoms with E-state index in [1.807, 2.05) is 110 Å². The molecule has 8 nitrogen and oxygen atoms in total. The summed E-state index contributed by atoms with van der Waals surface area (Å²) < 4.78 is 0. The van der Waals surface area contributed by atoms with Crippen molar-refractivity contribution in [3.63, 3.8) is 0 Å². The third-order valence-electron chi connectivity index (χ3n) is 8.36. The van der Waals surface area contributed by atoms with Crippen LogP contribution in [0.15, 0.2) is 156 Å². The van der Waals surface area contributed by atoms with Gasteiger partial charge in [0, 0.05) is 82.0 Å². The Hall–Kier alpha value is -6.80. The van der Waals surface area contributed by atoms with Gasteiger partial charge in [-0.3, -0.25) is 24.9 Å². The van der Waals surface area contributed by atoms with Crippen molar-refractivity contribution in [3.05, 3.63) is 169 Å². The van der Waals surface area contributed by atoms with Crippen molar-refractivity contribution in [1.29, 1.82) is 0 Å². The molecular formula is C40H24N8. The van der Waals surface area contributed by atoms with Crippen LogP contribution in [0.5, 0.6) is 0 Å². The van der Waals surface area contributed by atoms with Gasteiger partial charge in [-0.05, 0) is 78.9 Å². The number of fused-ring (bicyclic) bond motifs is 4. The zero-order valence-corrected chi connectivity index (χ0v) is 25.4. The summed E-state index contributed by atoms with van der Waals surface area (Å²) in [5.41, 5.74) is 11.3. The SMILES string of the molecule is c1cncc(-c2ccc(C3=Nc4cc5ccccc5nc4C(c4ccc(-c5cccnc5)nc4)=Nc4cc5cccnc5cc43)cn2)c1. The number of aromatic nitrogens is 6. The highest BCUT2D eigenvalue weighted by Crippen LogP contribution is 2.36. The molecule has 2 aromatic carbocycles. The first-order valence-electron chi connectivity index (χ1n) is 15.5. The highest BCUT2D eigenvalue weighted by atomic mass is 14.9. The summed E-state index contributed by atoms with van der Waals surface area (Å²) in [5, 5.41) is 1.95. The van der Waals surface area contributed by atoms with Crippen LogP contribution in [-0.2, 0) is 0 Å². The van der Waals surface area contributed by atoms with Crippen molar-refractivity contribution in [2.45, 2.75) is 0 Å². The van der Waals surface area contributed by atoms with Crippen LogP contribution >= 0.6 is 0 Å². The fraction of sp³-hybridized carbons (Fsp3) is 0. The average Bonchev–Trinajstić information content (AvgIpc) is 3.16. The van der Waals surface area contributed by atoms with Crippen molar-refractivity contribution in [1.82, 2.24) is 29.9 Å². The number of hydrogen-bond acceptors (Lipinski definition) is 8. The molecule has 0 amide bonds. The van der Waals surface area contributed by atoms with E-state index in [0.717, 1.165) is 72.4 Å². The molecule has 0 unspecified atom stereocenters. The maximum absolute atomic E-state index is 5.38. The largest absolute Gasteiger partial charge is 0.264 e. The minimum atomic E-state index is 0.666. The lowest BCUT2D eigenvalue weighted by Crippen LogP contribution is -2.12. The molecule has 1 aliphatic heterocycles. The molecule has 1 aliphatic rings. The second kappa shape index (κ2) is 11.5. The van der Waals surface area contributed by atoms with Crippen LogP contribution in [0.3, 0.4) is 0 Å². The Morgan fingerprint density at radius 1 is 0.417 bits per heavy atom. The third-order valence-corrected chi connectivity index (χ3v) is 8.36. The van der Waals surface area contributed by atoms with E-state index in [0.29, 0.717) is 17.1 Å². The van der Waals surface area contributed by atoms with Crippen LogP contribution in [0, 0.1) is 0 Å². The van der Waals surface area contributed by atoms with Gasteiger partial charge in [-0.25, -0.2) is 15.0 Å². The van der Waals surface area contributed by atoms with Gasteiger partial charge in [-0.2, -0.15) is 0 Å². The maximum atomic E-state index is 5.38. The number of rotatable bonds is 4. The van der Waals surface area contributed by atoms with E-state index in [9.17, 15) is 0 Å². The van der Waals surface area contributed by atoms with E-state index in [1.165, 1.54) is 0 Å². The van der Waals surface area contributed by atoms with E-state index in [-0.39, 0.29) is 0 Å². The van der Waals surface area contributed by atoms with Crippen LogP contribution in [-0.4, -0.2) is 41.3 Å². The average molecular weight is 617 g/mol. The Morgan fingerprint density at radius 2 is 1.04 bits per heavy atom. The minimum absolute atomic E-state index is 0.666. The lowest BCUT2D eigenvalue weighted by atomic mass is 9.96. The third kappa shape index (κ3) is 4.98. The molecule has 0 fully saturated rings. The van der Waals surface area contributed by atoms with Crippen molar-refractivity contribution < 1.29 is 0 Å². The van der Waals surface area contributed by atoms with E-state index in [4.69, 9.17) is 24.9 Å². The molecule has 0 spiro atoms. The van der Waals surface area contributed by atoms with Crippen molar-refractivity contribution in [3.8, 4) is 22.5 Å². The Kier molecular flexibility index (Phi) is 6.61. The summed E-state index contributed by atoms with van der Waals surface area (Å²) in [6.07, 6.45) is 12.6. The van der Waals surface area contributed by atoms with E-state index in [2.05, 4.69) is 33.2 Å². The van der Waals surface area contributed by atoms with Crippen molar-refractivity contribution in [2.24, 2.45) is 9.98 Å². The lowest BCUT2D eigenvalue weighted by molar-refractivity contribution is 1.25. The number of benzene rings is 2. The molecular weight excluding hydrogens is 592 g/mol. The van der Waals surface area contributed by atoms with Gasteiger partial charge < -0.3 is 0 Å². The molecule has 6 aromatic heterocycles. The smallest absolute Gasteiger partial charge is 0.116 e. The van der Waals surface area contributed by atoms with E-state index < -0.39 is 0 Å². The van der Waals surface area contributed by atoms with Crippen molar-refractivity contribution in [2.75, 3.05) is 0 Å². The summed E-state index contributed by atoms with van der Waals surface area (Å²) in [7, 11) is 0. The van der Waals surface area contributed by atoms with Gasteiger partial charge in [0.15, 0.2) is 0 Å². The zero-order valence-electron chi connectivity index (χ0n) is 25.4. The summed E-state index contributed by atoms with van der Waals surface area (Å²) in [6, 6.07) is 34.1. The number of aliphatic imine (C=N–C) groups is 2. The standard InChI is InChI=1S/C40H24N8/c1-2-10-34-25(6-1)19-37-40(46-34)39(30-12-14-33(45-24-30)28-9-4-16-42-22-28)47-36-18-26-7-5-17-43-35(26)20-31(36)38(48-37)29-11-13-32(44-23-29)27-8-3-15-41-21-27/h1-24H.